The van der Waals surface area contributed by atoms with Crippen LogP contribution >= 0.6 is 0 Å². The van der Waals surface area contributed by atoms with Gasteiger partial charge in [-0.05, 0) is 56.7 Å². The summed E-state index contributed by atoms with van der Waals surface area (Å²) in [5.74, 6) is 0.230. The number of carbonyl (C=O) groups is 2. The predicted molar refractivity (Wildman–Crippen MR) is 134 cm³/mol. The molecule has 35 heavy (non-hydrogen) atoms. The van der Waals surface area contributed by atoms with Crippen LogP contribution in [-0.4, -0.2) is 44.8 Å². The zero-order valence-electron chi connectivity index (χ0n) is 22.1. The number of hydrogen-bond donors (Lipinski definition) is 1. The van der Waals surface area contributed by atoms with Crippen LogP contribution in [0.15, 0.2) is 40.7 Å². The molecule has 1 aromatic rings. The number of ether oxygens (including phenoxy) is 4. The number of benzene rings is 1. The maximum Gasteiger partial charge on any atom is 0.336 e. The van der Waals surface area contributed by atoms with Crippen LogP contribution in [0.2, 0.25) is 0 Å². The molecule has 7 heteroatoms. The van der Waals surface area contributed by atoms with Gasteiger partial charge in [0.15, 0.2) is 17.3 Å². The van der Waals surface area contributed by atoms with Gasteiger partial charge in [0.2, 0.25) is 0 Å². The first-order valence-corrected chi connectivity index (χ1v) is 12.4. The van der Waals surface area contributed by atoms with Crippen molar-refractivity contribution < 1.29 is 28.5 Å². The monoisotopic (exact) mass is 485 g/mol. The average molecular weight is 486 g/mol. The molecule has 1 heterocycles. The van der Waals surface area contributed by atoms with Gasteiger partial charge in [0.25, 0.3) is 0 Å². The third-order valence-corrected chi connectivity index (χ3v) is 6.21. The maximum absolute atomic E-state index is 13.5. The van der Waals surface area contributed by atoms with Gasteiger partial charge in [0.05, 0.1) is 32.0 Å². The minimum Gasteiger partial charge on any atom is -0.493 e. The first-order chi connectivity index (χ1) is 16.6. The molecule has 1 aliphatic heterocycles. The lowest BCUT2D eigenvalue weighted by Gasteiger charge is -2.39. The van der Waals surface area contributed by atoms with Gasteiger partial charge in [0, 0.05) is 29.3 Å². The summed E-state index contributed by atoms with van der Waals surface area (Å²) in [6, 6.07) is 5.61. The largest absolute Gasteiger partial charge is 0.493 e. The molecule has 2 aliphatic rings. The van der Waals surface area contributed by atoms with Crippen LogP contribution in [-0.2, 0) is 19.1 Å². The van der Waals surface area contributed by atoms with E-state index in [-0.39, 0.29) is 23.9 Å². The van der Waals surface area contributed by atoms with Crippen LogP contribution in [0, 0.1) is 5.41 Å². The van der Waals surface area contributed by atoms with E-state index in [9.17, 15) is 9.59 Å². The fourth-order valence-electron chi connectivity index (χ4n) is 4.73. The summed E-state index contributed by atoms with van der Waals surface area (Å²) in [6.07, 6.45) is 2.07. The summed E-state index contributed by atoms with van der Waals surface area (Å²) in [5, 5.41) is 3.36. The highest BCUT2D eigenvalue weighted by Crippen LogP contribution is 2.47. The quantitative estimate of drug-likeness (QED) is 0.366. The number of rotatable bonds is 10. The van der Waals surface area contributed by atoms with E-state index in [4.69, 9.17) is 18.9 Å². The van der Waals surface area contributed by atoms with Gasteiger partial charge in [-0.1, -0.05) is 26.8 Å². The van der Waals surface area contributed by atoms with Crippen molar-refractivity contribution in [2.45, 2.75) is 72.8 Å². The van der Waals surface area contributed by atoms with Crippen LogP contribution in [0.3, 0.4) is 0 Å². The van der Waals surface area contributed by atoms with E-state index in [1.54, 1.807) is 7.11 Å². The molecule has 1 aromatic carbocycles. The topological polar surface area (TPSA) is 83.1 Å². The predicted octanol–water partition coefficient (Wildman–Crippen LogP) is 5.06. The summed E-state index contributed by atoms with van der Waals surface area (Å²) in [7, 11) is 1.59. The zero-order chi connectivity index (χ0) is 25.8. The first-order valence-electron chi connectivity index (χ1n) is 12.4. The summed E-state index contributed by atoms with van der Waals surface area (Å²) in [6.45, 7) is 13.0. The number of esters is 1. The molecule has 0 fully saturated rings. The summed E-state index contributed by atoms with van der Waals surface area (Å²) >= 11 is 0. The fraction of sp³-hybridized carbons (Fsp3) is 0.571. The average Bonchev–Trinajstić information content (AvgIpc) is 2.78. The Kier molecular flexibility index (Phi) is 8.65. The second kappa shape index (κ2) is 11.3. The Morgan fingerprint density at radius 2 is 1.89 bits per heavy atom. The number of methoxy groups -OCH3 is 1. The van der Waals surface area contributed by atoms with E-state index in [0.29, 0.717) is 48.0 Å². The minimum absolute atomic E-state index is 0.0416. The molecule has 0 radical (unpaired) electrons. The normalized spacial score (nSPS) is 19.4. The number of ketones is 1. The van der Waals surface area contributed by atoms with Gasteiger partial charge in [-0.2, -0.15) is 0 Å². The summed E-state index contributed by atoms with van der Waals surface area (Å²) in [5.41, 5.74) is 3.26. The molecule has 0 saturated carbocycles. The maximum atomic E-state index is 13.5. The highest BCUT2D eigenvalue weighted by atomic mass is 16.6. The lowest BCUT2D eigenvalue weighted by Crippen LogP contribution is -2.38. The molecule has 0 aromatic heterocycles. The van der Waals surface area contributed by atoms with E-state index in [0.717, 1.165) is 24.1 Å². The Morgan fingerprint density at radius 1 is 1.14 bits per heavy atom. The molecular formula is C28H39NO6. The standard InChI is InChI=1S/C28H39NO6/c1-8-11-34-22-10-9-19(14-23(22)32-7)25-24(27(31)35-13-12-33-17(2)3)18(4)29-20-15-28(5,6)16-21(30)26(20)25/h9-10,14,17,25,29H,8,11-13,15-16H2,1-7H3/t25-/m0/s1. The molecule has 1 aliphatic carbocycles. The molecule has 1 atom stereocenters. The third-order valence-electron chi connectivity index (χ3n) is 6.21. The fourth-order valence-corrected chi connectivity index (χ4v) is 4.73. The molecule has 7 nitrogen and oxygen atoms in total. The molecule has 3 rings (SSSR count). The van der Waals surface area contributed by atoms with E-state index in [1.165, 1.54) is 0 Å². The third kappa shape index (κ3) is 6.26. The van der Waals surface area contributed by atoms with Crippen LogP contribution in [0.4, 0.5) is 0 Å². The van der Waals surface area contributed by atoms with Crippen LogP contribution in [0.5, 0.6) is 11.5 Å². The highest BCUT2D eigenvalue weighted by Gasteiger charge is 2.43. The van der Waals surface area contributed by atoms with E-state index in [2.05, 4.69) is 19.2 Å². The highest BCUT2D eigenvalue weighted by molar-refractivity contribution is 6.04. The lowest BCUT2D eigenvalue weighted by atomic mass is 9.68. The zero-order valence-corrected chi connectivity index (χ0v) is 22.1. The second-order valence-corrected chi connectivity index (χ2v) is 10.2. The van der Waals surface area contributed by atoms with Gasteiger partial charge >= 0.3 is 5.97 Å². The van der Waals surface area contributed by atoms with Crippen molar-refractivity contribution in [3.63, 3.8) is 0 Å². The molecule has 1 N–H and O–H groups in total. The number of Topliss-reactive ketones (excluding diaryl/α,β-unsaturated/α-hetero) is 1. The summed E-state index contributed by atoms with van der Waals surface area (Å²) < 4.78 is 22.5. The molecule has 0 saturated heterocycles. The number of allylic oxidation sites excluding steroid dienone is 3. The van der Waals surface area contributed by atoms with Gasteiger partial charge in [0.1, 0.15) is 6.61 Å². The van der Waals surface area contributed by atoms with Crippen molar-refractivity contribution in [1.82, 2.24) is 5.32 Å². The van der Waals surface area contributed by atoms with Gasteiger partial charge in [-0.3, -0.25) is 4.79 Å². The van der Waals surface area contributed by atoms with E-state index in [1.807, 2.05) is 45.9 Å². The van der Waals surface area contributed by atoms with Crippen molar-refractivity contribution >= 4 is 11.8 Å². The molecule has 0 amide bonds. The van der Waals surface area contributed by atoms with Gasteiger partial charge < -0.3 is 24.3 Å². The van der Waals surface area contributed by atoms with Gasteiger partial charge in [-0.15, -0.1) is 0 Å². The smallest absolute Gasteiger partial charge is 0.336 e. The Labute approximate surface area is 208 Å². The Balaban J connectivity index is 2.03. The number of dihydropyridines is 1. The molecule has 0 bridgehead atoms. The lowest BCUT2D eigenvalue weighted by molar-refractivity contribution is -0.141. The molecule has 0 unspecified atom stereocenters. The van der Waals surface area contributed by atoms with Crippen molar-refractivity contribution in [2.75, 3.05) is 26.9 Å². The van der Waals surface area contributed by atoms with Crippen molar-refractivity contribution in [1.29, 1.82) is 0 Å². The van der Waals surface area contributed by atoms with Crippen molar-refractivity contribution in [2.24, 2.45) is 5.41 Å². The molecular weight excluding hydrogens is 446 g/mol. The first kappa shape index (κ1) is 26.8. The van der Waals surface area contributed by atoms with Crippen LogP contribution in [0.25, 0.3) is 0 Å². The van der Waals surface area contributed by atoms with Gasteiger partial charge in [-0.25, -0.2) is 4.79 Å². The Morgan fingerprint density at radius 3 is 2.54 bits per heavy atom. The number of nitrogens with one attached hydrogen (secondary N) is 1. The number of carbonyl (C=O) groups excluding carboxylic acids is 2. The van der Waals surface area contributed by atoms with E-state index >= 15 is 0 Å². The Hall–Kier alpha value is -2.80. The van der Waals surface area contributed by atoms with Crippen LogP contribution < -0.4 is 14.8 Å². The Bertz CT molecular complexity index is 1020. The minimum atomic E-state index is -0.553. The van der Waals surface area contributed by atoms with Crippen molar-refractivity contribution in [3.05, 3.63) is 46.3 Å². The molecule has 192 valence electrons. The van der Waals surface area contributed by atoms with E-state index < -0.39 is 11.9 Å². The SMILES string of the molecule is CCCOc1ccc([C@H]2C(C(=O)OCCOC(C)C)=C(C)NC3=C2C(=O)CC(C)(C)C3)cc1OC. The second-order valence-electron chi connectivity index (χ2n) is 10.2. The number of hydrogen-bond acceptors (Lipinski definition) is 7. The van der Waals surface area contributed by atoms with Crippen molar-refractivity contribution in [3.8, 4) is 11.5 Å². The molecule has 0 spiro atoms. The summed E-state index contributed by atoms with van der Waals surface area (Å²) in [4.78, 5) is 26.8. The van der Waals surface area contributed by atoms with Crippen LogP contribution in [0.1, 0.15) is 72.3 Å².